The van der Waals surface area contributed by atoms with Gasteiger partial charge in [0.05, 0.1) is 23.9 Å². The average Bonchev–Trinajstić information content (AvgIpc) is 3.04. The molecule has 106 valence electrons. The zero-order chi connectivity index (χ0) is 14.7. The second-order valence-corrected chi connectivity index (χ2v) is 4.81. The predicted octanol–water partition coefficient (Wildman–Crippen LogP) is 3.67. The van der Waals surface area contributed by atoms with E-state index in [1.54, 1.807) is 6.26 Å². The molecule has 3 aromatic rings. The van der Waals surface area contributed by atoms with E-state index in [0.717, 1.165) is 29.5 Å². The maximum atomic E-state index is 11.4. The zero-order valence-corrected chi connectivity index (χ0v) is 11.8. The first-order valence-electron chi connectivity index (χ1n) is 6.94. The fourth-order valence-electron chi connectivity index (χ4n) is 2.39. The molecule has 0 bridgehead atoms. The van der Waals surface area contributed by atoms with Crippen molar-refractivity contribution in [3.63, 3.8) is 0 Å². The Morgan fingerprint density at radius 2 is 2.10 bits per heavy atom. The van der Waals surface area contributed by atoms with E-state index in [9.17, 15) is 4.79 Å². The third-order valence-corrected chi connectivity index (χ3v) is 3.47. The number of nitrogens with zero attached hydrogens (tertiary/aromatic N) is 2. The number of hydrogen-bond donors (Lipinski definition) is 0. The highest BCUT2D eigenvalue weighted by Crippen LogP contribution is 2.23. The summed E-state index contributed by atoms with van der Waals surface area (Å²) in [6.45, 7) is 3.37. The molecule has 4 heteroatoms. The van der Waals surface area contributed by atoms with Crippen molar-refractivity contribution in [3.05, 3.63) is 60.1 Å². The summed E-state index contributed by atoms with van der Waals surface area (Å²) in [5.41, 5.74) is 1.48. The summed E-state index contributed by atoms with van der Waals surface area (Å²) in [6, 6.07) is 13.5. The van der Waals surface area contributed by atoms with E-state index in [0.29, 0.717) is 17.9 Å². The minimum Gasteiger partial charge on any atom is -0.467 e. The molecular weight excluding hydrogens is 264 g/mol. The van der Waals surface area contributed by atoms with Gasteiger partial charge in [-0.15, -0.1) is 0 Å². The molecule has 0 saturated carbocycles. The van der Waals surface area contributed by atoms with Crippen LogP contribution in [0.25, 0.3) is 10.9 Å². The van der Waals surface area contributed by atoms with Crippen LogP contribution in [-0.2, 0) is 6.54 Å². The molecule has 0 aliphatic heterocycles. The first-order chi connectivity index (χ1) is 10.3. The Morgan fingerprint density at radius 3 is 2.81 bits per heavy atom. The van der Waals surface area contributed by atoms with Gasteiger partial charge in [-0.3, -0.25) is 4.79 Å². The first-order valence-corrected chi connectivity index (χ1v) is 6.94. The Morgan fingerprint density at radius 1 is 1.24 bits per heavy atom. The molecule has 0 atom stereocenters. The highest BCUT2D eigenvalue weighted by atomic mass is 16.3. The summed E-state index contributed by atoms with van der Waals surface area (Å²) in [7, 11) is 0. The molecule has 0 unspecified atom stereocenters. The van der Waals surface area contributed by atoms with Crippen molar-refractivity contribution in [1.29, 1.82) is 0 Å². The quantitative estimate of drug-likeness (QED) is 0.669. The number of anilines is 1. The van der Waals surface area contributed by atoms with E-state index < -0.39 is 0 Å². The molecule has 0 aliphatic carbocycles. The van der Waals surface area contributed by atoms with Gasteiger partial charge in [0.25, 0.3) is 0 Å². The van der Waals surface area contributed by atoms with E-state index in [2.05, 4.69) is 4.98 Å². The lowest BCUT2D eigenvalue weighted by Crippen LogP contribution is -2.24. The summed E-state index contributed by atoms with van der Waals surface area (Å²) in [5, 5.41) is 0.970. The second-order valence-electron chi connectivity index (χ2n) is 4.81. The lowest BCUT2D eigenvalue weighted by Gasteiger charge is -2.22. The van der Waals surface area contributed by atoms with Crippen molar-refractivity contribution < 1.29 is 9.21 Å². The summed E-state index contributed by atoms with van der Waals surface area (Å²) >= 11 is 0. The topological polar surface area (TPSA) is 46.3 Å². The second kappa shape index (κ2) is 5.79. The van der Waals surface area contributed by atoms with Crippen molar-refractivity contribution in [2.75, 3.05) is 11.4 Å². The van der Waals surface area contributed by atoms with Gasteiger partial charge in [0.15, 0.2) is 6.29 Å². The minimum absolute atomic E-state index is 0.593. The number of hydrogen-bond acceptors (Lipinski definition) is 4. The molecule has 21 heavy (non-hydrogen) atoms. The number of para-hydroxylation sites is 1. The molecule has 0 amide bonds. The van der Waals surface area contributed by atoms with Crippen LogP contribution in [0.1, 0.15) is 23.0 Å². The maximum absolute atomic E-state index is 11.4. The molecular formula is C17H16N2O2. The number of benzene rings is 1. The number of rotatable bonds is 5. The number of aldehydes is 1. The largest absolute Gasteiger partial charge is 0.467 e. The Balaban J connectivity index is 2.05. The molecule has 0 aliphatic rings. The van der Waals surface area contributed by atoms with Gasteiger partial charge in [0.1, 0.15) is 11.6 Å². The predicted molar refractivity (Wildman–Crippen MR) is 82.6 cm³/mol. The lowest BCUT2D eigenvalue weighted by atomic mass is 10.1. The molecule has 1 aromatic carbocycles. The summed E-state index contributed by atoms with van der Waals surface area (Å²) < 4.78 is 5.39. The molecule has 0 saturated heterocycles. The zero-order valence-electron chi connectivity index (χ0n) is 11.8. The molecule has 0 fully saturated rings. The van der Waals surface area contributed by atoms with Crippen LogP contribution in [0.3, 0.4) is 0 Å². The molecule has 3 rings (SSSR count). The normalized spacial score (nSPS) is 10.7. The van der Waals surface area contributed by atoms with Gasteiger partial charge in [-0.05, 0) is 31.2 Å². The van der Waals surface area contributed by atoms with Crippen LogP contribution in [0.15, 0.2) is 53.1 Å². The average molecular weight is 280 g/mol. The van der Waals surface area contributed by atoms with Gasteiger partial charge in [0.2, 0.25) is 0 Å². The van der Waals surface area contributed by atoms with Crippen LogP contribution in [0.4, 0.5) is 5.82 Å². The number of aromatic nitrogens is 1. The Bertz CT molecular complexity index is 751. The number of pyridine rings is 1. The van der Waals surface area contributed by atoms with Crippen LogP contribution >= 0.6 is 0 Å². The van der Waals surface area contributed by atoms with Gasteiger partial charge in [0, 0.05) is 11.9 Å². The molecule has 2 heterocycles. The molecule has 0 radical (unpaired) electrons. The molecule has 4 nitrogen and oxygen atoms in total. The highest BCUT2D eigenvalue weighted by Gasteiger charge is 2.14. The molecule has 0 N–H and O–H groups in total. The standard InChI is InChI=1S/C17H16N2O2/c1-2-19(11-15-7-5-9-21-15)17-14(12-20)10-13-6-3-4-8-16(13)18-17/h3-10,12H,2,11H2,1H3. The van der Waals surface area contributed by atoms with E-state index in [4.69, 9.17) is 4.42 Å². The SMILES string of the molecule is CCN(Cc1ccco1)c1nc2ccccc2cc1C=O. The van der Waals surface area contributed by atoms with Crippen molar-refractivity contribution in [2.45, 2.75) is 13.5 Å². The van der Waals surface area contributed by atoms with Gasteiger partial charge >= 0.3 is 0 Å². The van der Waals surface area contributed by atoms with Crippen LogP contribution in [0, 0.1) is 0 Å². The van der Waals surface area contributed by atoms with Crippen LogP contribution < -0.4 is 4.90 Å². The van der Waals surface area contributed by atoms with E-state index in [-0.39, 0.29) is 0 Å². The Kier molecular flexibility index (Phi) is 3.69. The fraction of sp³-hybridized carbons (Fsp3) is 0.176. The van der Waals surface area contributed by atoms with Crippen molar-refractivity contribution in [3.8, 4) is 0 Å². The Hall–Kier alpha value is -2.62. The molecule has 2 aromatic heterocycles. The highest BCUT2D eigenvalue weighted by molar-refractivity contribution is 5.91. The third-order valence-electron chi connectivity index (χ3n) is 3.47. The summed E-state index contributed by atoms with van der Waals surface area (Å²) in [4.78, 5) is 18.1. The number of carbonyl (C=O) groups excluding carboxylic acids is 1. The smallest absolute Gasteiger partial charge is 0.153 e. The van der Waals surface area contributed by atoms with E-state index in [1.807, 2.05) is 54.3 Å². The number of carbonyl (C=O) groups is 1. The van der Waals surface area contributed by atoms with Gasteiger partial charge in [-0.2, -0.15) is 0 Å². The number of fused-ring (bicyclic) bond motifs is 1. The lowest BCUT2D eigenvalue weighted by molar-refractivity contribution is 0.112. The van der Waals surface area contributed by atoms with Crippen LogP contribution in [0.5, 0.6) is 0 Å². The monoisotopic (exact) mass is 280 g/mol. The van der Waals surface area contributed by atoms with Gasteiger partial charge in [-0.25, -0.2) is 4.98 Å². The third kappa shape index (κ3) is 2.65. The van der Waals surface area contributed by atoms with Crippen molar-refractivity contribution >= 4 is 23.0 Å². The van der Waals surface area contributed by atoms with Gasteiger partial charge in [-0.1, -0.05) is 18.2 Å². The van der Waals surface area contributed by atoms with Gasteiger partial charge < -0.3 is 9.32 Å². The van der Waals surface area contributed by atoms with Crippen molar-refractivity contribution in [2.24, 2.45) is 0 Å². The summed E-state index contributed by atoms with van der Waals surface area (Å²) in [6.07, 6.45) is 2.51. The van der Waals surface area contributed by atoms with Crippen LogP contribution in [0.2, 0.25) is 0 Å². The Labute approximate surface area is 123 Å². The maximum Gasteiger partial charge on any atom is 0.153 e. The fourth-order valence-corrected chi connectivity index (χ4v) is 2.39. The number of furan rings is 1. The first kappa shape index (κ1) is 13.4. The van der Waals surface area contributed by atoms with E-state index in [1.165, 1.54) is 0 Å². The molecule has 0 spiro atoms. The van der Waals surface area contributed by atoms with E-state index >= 15 is 0 Å². The van der Waals surface area contributed by atoms with Crippen molar-refractivity contribution in [1.82, 2.24) is 4.98 Å². The minimum atomic E-state index is 0.593. The van der Waals surface area contributed by atoms with Crippen LogP contribution in [-0.4, -0.2) is 17.8 Å². The summed E-state index contributed by atoms with van der Waals surface area (Å²) in [5.74, 6) is 1.55.